The van der Waals surface area contributed by atoms with Crippen LogP contribution in [0.5, 0.6) is 0 Å². The Morgan fingerprint density at radius 1 is 1.35 bits per heavy atom. The number of rotatable bonds is 6. The SMILES string of the molecule is CCCCN1CC(C(=O)Nc2ccccc2C(=O)OC)CC1=O. The number of nitrogens with zero attached hydrogens (tertiary/aromatic N) is 1. The Balaban J connectivity index is 2.03. The Bertz CT molecular complexity index is 600. The molecule has 6 heteroatoms. The average molecular weight is 318 g/mol. The average Bonchev–Trinajstić information content (AvgIpc) is 2.93. The van der Waals surface area contributed by atoms with Crippen molar-refractivity contribution >= 4 is 23.5 Å². The maximum atomic E-state index is 12.4. The summed E-state index contributed by atoms with van der Waals surface area (Å²) in [7, 11) is 1.29. The van der Waals surface area contributed by atoms with Gasteiger partial charge in [0.1, 0.15) is 0 Å². The van der Waals surface area contributed by atoms with Gasteiger partial charge in [-0.2, -0.15) is 0 Å². The minimum absolute atomic E-state index is 0.0138. The summed E-state index contributed by atoms with van der Waals surface area (Å²) in [6, 6.07) is 6.67. The van der Waals surface area contributed by atoms with Crippen LogP contribution in [0.1, 0.15) is 36.5 Å². The molecule has 0 aromatic heterocycles. The number of amides is 2. The van der Waals surface area contributed by atoms with E-state index in [-0.39, 0.29) is 24.2 Å². The molecule has 2 amide bonds. The van der Waals surface area contributed by atoms with Crippen LogP contribution in [0, 0.1) is 5.92 Å². The zero-order chi connectivity index (χ0) is 16.8. The minimum Gasteiger partial charge on any atom is -0.465 e. The monoisotopic (exact) mass is 318 g/mol. The van der Waals surface area contributed by atoms with Crippen molar-refractivity contribution in [2.24, 2.45) is 5.92 Å². The Morgan fingerprint density at radius 3 is 2.78 bits per heavy atom. The fourth-order valence-corrected chi connectivity index (χ4v) is 2.63. The fourth-order valence-electron chi connectivity index (χ4n) is 2.63. The molecule has 6 nitrogen and oxygen atoms in total. The van der Waals surface area contributed by atoms with Gasteiger partial charge in [-0.25, -0.2) is 4.79 Å². The molecule has 1 aromatic carbocycles. The van der Waals surface area contributed by atoms with Crippen LogP contribution in [0.2, 0.25) is 0 Å². The van der Waals surface area contributed by atoms with Crippen LogP contribution < -0.4 is 5.32 Å². The zero-order valence-electron chi connectivity index (χ0n) is 13.5. The summed E-state index contributed by atoms with van der Waals surface area (Å²) in [4.78, 5) is 37.8. The molecule has 1 aromatic rings. The van der Waals surface area contributed by atoms with E-state index in [2.05, 4.69) is 12.2 Å². The van der Waals surface area contributed by atoms with E-state index in [0.717, 1.165) is 12.8 Å². The molecule has 23 heavy (non-hydrogen) atoms. The molecule has 1 fully saturated rings. The first-order valence-corrected chi connectivity index (χ1v) is 7.82. The predicted octanol–water partition coefficient (Wildman–Crippen LogP) is 2.06. The van der Waals surface area contributed by atoms with E-state index in [1.807, 2.05) is 0 Å². The van der Waals surface area contributed by atoms with Crippen LogP contribution in [0.3, 0.4) is 0 Å². The number of unbranched alkanes of at least 4 members (excludes halogenated alkanes) is 1. The van der Waals surface area contributed by atoms with Gasteiger partial charge in [-0.3, -0.25) is 9.59 Å². The van der Waals surface area contributed by atoms with Crippen molar-refractivity contribution < 1.29 is 19.1 Å². The molecule has 0 spiro atoms. The predicted molar refractivity (Wildman–Crippen MR) is 86.0 cm³/mol. The largest absolute Gasteiger partial charge is 0.465 e. The third-order valence-electron chi connectivity index (χ3n) is 3.96. The number of carbonyl (C=O) groups excluding carboxylic acids is 3. The number of ether oxygens (including phenoxy) is 1. The van der Waals surface area contributed by atoms with Crippen LogP contribution in [-0.2, 0) is 14.3 Å². The highest BCUT2D eigenvalue weighted by Crippen LogP contribution is 2.22. The van der Waals surface area contributed by atoms with Crippen LogP contribution >= 0.6 is 0 Å². The lowest BCUT2D eigenvalue weighted by Gasteiger charge is -2.16. The van der Waals surface area contributed by atoms with Crippen LogP contribution in [-0.4, -0.2) is 42.9 Å². The van der Waals surface area contributed by atoms with Gasteiger partial charge >= 0.3 is 5.97 Å². The zero-order valence-corrected chi connectivity index (χ0v) is 13.5. The topological polar surface area (TPSA) is 75.7 Å². The van der Waals surface area contributed by atoms with Gasteiger partial charge in [-0.05, 0) is 18.6 Å². The van der Waals surface area contributed by atoms with E-state index in [1.54, 1.807) is 29.2 Å². The van der Waals surface area contributed by atoms with Gasteiger partial charge in [0, 0.05) is 19.5 Å². The van der Waals surface area contributed by atoms with Gasteiger partial charge in [0.05, 0.1) is 24.3 Å². The summed E-state index contributed by atoms with van der Waals surface area (Å²) < 4.78 is 4.71. The number of hydrogen-bond donors (Lipinski definition) is 1. The van der Waals surface area contributed by atoms with Gasteiger partial charge < -0.3 is 15.0 Å². The van der Waals surface area contributed by atoms with E-state index in [4.69, 9.17) is 4.74 Å². The first-order chi connectivity index (χ1) is 11.1. The molecule has 2 rings (SSSR count). The quantitative estimate of drug-likeness (QED) is 0.815. The smallest absolute Gasteiger partial charge is 0.339 e. The van der Waals surface area contributed by atoms with Crippen molar-refractivity contribution in [3.63, 3.8) is 0 Å². The molecule has 1 aliphatic heterocycles. The molecule has 0 bridgehead atoms. The van der Waals surface area contributed by atoms with Crippen molar-refractivity contribution in [2.75, 3.05) is 25.5 Å². The van der Waals surface area contributed by atoms with Gasteiger partial charge in [-0.1, -0.05) is 25.5 Å². The second-order valence-corrected chi connectivity index (χ2v) is 5.62. The molecular formula is C17H22N2O4. The summed E-state index contributed by atoms with van der Waals surface area (Å²) in [6.45, 7) is 3.19. The third-order valence-corrected chi connectivity index (χ3v) is 3.96. The number of methoxy groups -OCH3 is 1. The molecule has 0 saturated carbocycles. The van der Waals surface area contributed by atoms with Gasteiger partial charge in [0.25, 0.3) is 0 Å². The number of hydrogen-bond acceptors (Lipinski definition) is 4. The highest BCUT2D eigenvalue weighted by molar-refractivity contribution is 6.03. The molecular weight excluding hydrogens is 296 g/mol. The highest BCUT2D eigenvalue weighted by atomic mass is 16.5. The second kappa shape index (κ2) is 7.76. The molecule has 0 aliphatic carbocycles. The third kappa shape index (κ3) is 4.09. The van der Waals surface area contributed by atoms with E-state index in [9.17, 15) is 14.4 Å². The summed E-state index contributed by atoms with van der Waals surface area (Å²) in [5.74, 6) is -1.12. The molecule has 1 heterocycles. The van der Waals surface area contributed by atoms with E-state index >= 15 is 0 Å². The molecule has 0 radical (unpaired) electrons. The van der Waals surface area contributed by atoms with Crippen molar-refractivity contribution in [1.29, 1.82) is 0 Å². The summed E-state index contributed by atoms with van der Waals surface area (Å²) >= 11 is 0. The standard InChI is InChI=1S/C17H22N2O4/c1-3-4-9-19-11-12(10-15(19)20)16(21)18-14-8-6-5-7-13(14)17(22)23-2/h5-8,12H,3-4,9-11H2,1-2H3,(H,18,21). The van der Waals surface area contributed by atoms with Gasteiger partial charge in [-0.15, -0.1) is 0 Å². The van der Waals surface area contributed by atoms with Crippen molar-refractivity contribution in [2.45, 2.75) is 26.2 Å². The lowest BCUT2D eigenvalue weighted by molar-refractivity contribution is -0.128. The lowest BCUT2D eigenvalue weighted by atomic mass is 10.1. The fraction of sp³-hybridized carbons (Fsp3) is 0.471. The molecule has 124 valence electrons. The van der Waals surface area contributed by atoms with Gasteiger partial charge in [0.15, 0.2) is 0 Å². The maximum Gasteiger partial charge on any atom is 0.339 e. The Kier molecular flexibility index (Phi) is 5.73. The molecule has 1 atom stereocenters. The first-order valence-electron chi connectivity index (χ1n) is 7.82. The Morgan fingerprint density at radius 2 is 2.09 bits per heavy atom. The van der Waals surface area contributed by atoms with Crippen molar-refractivity contribution in [3.8, 4) is 0 Å². The van der Waals surface area contributed by atoms with E-state index < -0.39 is 5.97 Å². The number of para-hydroxylation sites is 1. The number of carbonyl (C=O) groups is 3. The van der Waals surface area contributed by atoms with Crippen LogP contribution in [0.4, 0.5) is 5.69 Å². The maximum absolute atomic E-state index is 12.4. The second-order valence-electron chi connectivity index (χ2n) is 5.62. The Labute approximate surface area is 135 Å². The summed E-state index contributed by atoms with van der Waals surface area (Å²) in [6.07, 6.45) is 2.16. The van der Waals surface area contributed by atoms with E-state index in [1.165, 1.54) is 7.11 Å². The van der Waals surface area contributed by atoms with Crippen molar-refractivity contribution in [1.82, 2.24) is 4.90 Å². The molecule has 1 aliphatic rings. The molecule has 1 N–H and O–H groups in total. The van der Waals surface area contributed by atoms with Gasteiger partial charge in [0.2, 0.25) is 11.8 Å². The van der Waals surface area contributed by atoms with Crippen LogP contribution in [0.25, 0.3) is 0 Å². The summed E-state index contributed by atoms with van der Waals surface area (Å²) in [5.41, 5.74) is 0.708. The van der Waals surface area contributed by atoms with E-state index in [0.29, 0.717) is 24.3 Å². The van der Waals surface area contributed by atoms with Crippen molar-refractivity contribution in [3.05, 3.63) is 29.8 Å². The minimum atomic E-state index is -0.507. The number of esters is 1. The first kappa shape index (κ1) is 17.0. The normalized spacial score (nSPS) is 17.2. The lowest BCUT2D eigenvalue weighted by Crippen LogP contribution is -2.29. The Hall–Kier alpha value is -2.37. The number of anilines is 1. The number of benzene rings is 1. The number of likely N-dealkylation sites (tertiary alicyclic amines) is 1. The van der Waals surface area contributed by atoms with Crippen LogP contribution in [0.15, 0.2) is 24.3 Å². The number of nitrogens with one attached hydrogen (secondary N) is 1. The molecule has 1 unspecified atom stereocenters. The highest BCUT2D eigenvalue weighted by Gasteiger charge is 2.34. The summed E-state index contributed by atoms with van der Waals surface area (Å²) in [5, 5.41) is 2.75. The molecule has 1 saturated heterocycles.